The standard InChI is InChI=1S/C16H21N3O/c1-16(2,3)14(11-19-10-9-17-12-19)18-15(20)13-7-5-4-6-8-13/h4-10,12,14H,11H2,1-3H3,(H,18,20). The van der Waals surface area contributed by atoms with Gasteiger partial charge in [0.1, 0.15) is 0 Å². The third-order valence-corrected chi connectivity index (χ3v) is 3.34. The summed E-state index contributed by atoms with van der Waals surface area (Å²) in [5.74, 6) is -0.0364. The van der Waals surface area contributed by atoms with Crippen LogP contribution in [0.15, 0.2) is 49.1 Å². The predicted octanol–water partition coefficient (Wildman–Crippen LogP) is 2.73. The van der Waals surface area contributed by atoms with E-state index < -0.39 is 0 Å². The van der Waals surface area contributed by atoms with Gasteiger partial charge in [0.2, 0.25) is 0 Å². The van der Waals surface area contributed by atoms with E-state index in [0.717, 1.165) is 0 Å². The average molecular weight is 271 g/mol. The number of nitrogens with zero attached hydrogens (tertiary/aromatic N) is 2. The Morgan fingerprint density at radius 1 is 1.30 bits per heavy atom. The number of hydrogen-bond acceptors (Lipinski definition) is 2. The van der Waals surface area contributed by atoms with Crippen molar-refractivity contribution < 1.29 is 4.79 Å². The van der Waals surface area contributed by atoms with Gasteiger partial charge in [-0.15, -0.1) is 0 Å². The molecule has 1 aromatic carbocycles. The number of hydrogen-bond donors (Lipinski definition) is 1. The molecular formula is C16H21N3O. The third kappa shape index (κ3) is 3.70. The minimum Gasteiger partial charge on any atom is -0.347 e. The van der Waals surface area contributed by atoms with Gasteiger partial charge in [0.15, 0.2) is 0 Å². The van der Waals surface area contributed by atoms with E-state index in [9.17, 15) is 4.79 Å². The van der Waals surface area contributed by atoms with Crippen molar-refractivity contribution in [2.45, 2.75) is 33.4 Å². The summed E-state index contributed by atoms with van der Waals surface area (Å²) in [7, 11) is 0. The van der Waals surface area contributed by atoms with E-state index in [-0.39, 0.29) is 17.4 Å². The Labute approximate surface area is 119 Å². The molecule has 0 aliphatic carbocycles. The molecule has 1 heterocycles. The molecule has 2 rings (SSSR count). The predicted molar refractivity (Wildman–Crippen MR) is 79.4 cm³/mol. The molecule has 0 aliphatic heterocycles. The number of nitrogens with one attached hydrogen (secondary N) is 1. The minimum atomic E-state index is -0.0364. The SMILES string of the molecule is CC(C)(C)C(Cn1ccnc1)NC(=O)c1ccccc1. The van der Waals surface area contributed by atoms with Crippen molar-refractivity contribution in [3.63, 3.8) is 0 Å². The first-order valence-corrected chi connectivity index (χ1v) is 6.78. The quantitative estimate of drug-likeness (QED) is 0.929. The molecule has 20 heavy (non-hydrogen) atoms. The first kappa shape index (κ1) is 14.3. The number of amides is 1. The van der Waals surface area contributed by atoms with Crippen LogP contribution in [0.1, 0.15) is 31.1 Å². The van der Waals surface area contributed by atoms with Crippen LogP contribution in [0.25, 0.3) is 0 Å². The molecular weight excluding hydrogens is 250 g/mol. The first-order chi connectivity index (χ1) is 9.47. The number of aromatic nitrogens is 2. The number of carbonyl (C=O) groups excluding carboxylic acids is 1. The van der Waals surface area contributed by atoms with Crippen LogP contribution < -0.4 is 5.32 Å². The molecule has 1 aromatic heterocycles. The van der Waals surface area contributed by atoms with E-state index >= 15 is 0 Å². The van der Waals surface area contributed by atoms with Gasteiger partial charge in [-0.25, -0.2) is 4.98 Å². The smallest absolute Gasteiger partial charge is 0.251 e. The van der Waals surface area contributed by atoms with Gasteiger partial charge in [-0.1, -0.05) is 39.0 Å². The van der Waals surface area contributed by atoms with Crippen LogP contribution in [-0.2, 0) is 6.54 Å². The zero-order valence-corrected chi connectivity index (χ0v) is 12.2. The van der Waals surface area contributed by atoms with Crippen molar-refractivity contribution in [3.8, 4) is 0 Å². The molecule has 1 unspecified atom stereocenters. The molecule has 4 heteroatoms. The fourth-order valence-electron chi connectivity index (χ4n) is 1.97. The zero-order valence-electron chi connectivity index (χ0n) is 12.2. The molecule has 0 fully saturated rings. The van der Waals surface area contributed by atoms with E-state index in [1.165, 1.54) is 0 Å². The summed E-state index contributed by atoms with van der Waals surface area (Å²) < 4.78 is 1.99. The Balaban J connectivity index is 2.10. The first-order valence-electron chi connectivity index (χ1n) is 6.78. The van der Waals surface area contributed by atoms with E-state index in [4.69, 9.17) is 0 Å². The van der Waals surface area contributed by atoms with Gasteiger partial charge >= 0.3 is 0 Å². The molecule has 1 atom stereocenters. The monoisotopic (exact) mass is 271 g/mol. The third-order valence-electron chi connectivity index (χ3n) is 3.34. The molecule has 0 spiro atoms. The molecule has 0 saturated heterocycles. The lowest BCUT2D eigenvalue weighted by molar-refractivity contribution is 0.0892. The fraction of sp³-hybridized carbons (Fsp3) is 0.375. The largest absolute Gasteiger partial charge is 0.347 e. The molecule has 1 amide bonds. The Kier molecular flexibility index (Phi) is 4.23. The number of rotatable bonds is 4. The highest BCUT2D eigenvalue weighted by Gasteiger charge is 2.26. The molecule has 1 N–H and O–H groups in total. The van der Waals surface area contributed by atoms with Crippen LogP contribution in [0.5, 0.6) is 0 Å². The van der Waals surface area contributed by atoms with Gasteiger partial charge in [-0.2, -0.15) is 0 Å². The lowest BCUT2D eigenvalue weighted by Crippen LogP contribution is -2.46. The van der Waals surface area contributed by atoms with Crippen molar-refractivity contribution in [1.82, 2.24) is 14.9 Å². The van der Waals surface area contributed by atoms with Gasteiger partial charge < -0.3 is 9.88 Å². The summed E-state index contributed by atoms with van der Waals surface area (Å²) in [6.07, 6.45) is 5.43. The summed E-state index contributed by atoms with van der Waals surface area (Å²) >= 11 is 0. The van der Waals surface area contributed by atoms with Gasteiger partial charge in [0, 0.05) is 24.5 Å². The van der Waals surface area contributed by atoms with Crippen molar-refractivity contribution >= 4 is 5.91 Å². The maximum absolute atomic E-state index is 12.3. The van der Waals surface area contributed by atoms with E-state index in [2.05, 4.69) is 31.1 Å². The van der Waals surface area contributed by atoms with Crippen molar-refractivity contribution in [1.29, 1.82) is 0 Å². The lowest BCUT2D eigenvalue weighted by Gasteiger charge is -2.31. The summed E-state index contributed by atoms with van der Waals surface area (Å²) in [6.45, 7) is 7.08. The summed E-state index contributed by atoms with van der Waals surface area (Å²) in [5, 5.41) is 3.12. The van der Waals surface area contributed by atoms with Crippen molar-refractivity contribution in [2.24, 2.45) is 5.41 Å². The molecule has 0 saturated carbocycles. The van der Waals surface area contributed by atoms with Crippen LogP contribution in [0.3, 0.4) is 0 Å². The van der Waals surface area contributed by atoms with Gasteiger partial charge in [-0.05, 0) is 17.5 Å². The summed E-state index contributed by atoms with van der Waals surface area (Å²) in [6, 6.07) is 9.33. The van der Waals surface area contributed by atoms with Crippen molar-refractivity contribution in [2.75, 3.05) is 0 Å². The zero-order chi connectivity index (χ0) is 14.6. The summed E-state index contributed by atoms with van der Waals surface area (Å²) in [4.78, 5) is 16.3. The molecule has 0 bridgehead atoms. The lowest BCUT2D eigenvalue weighted by atomic mass is 9.86. The number of carbonyl (C=O) groups is 1. The second kappa shape index (κ2) is 5.90. The van der Waals surface area contributed by atoms with Crippen molar-refractivity contribution in [3.05, 3.63) is 54.6 Å². The van der Waals surface area contributed by atoms with E-state index in [1.54, 1.807) is 12.5 Å². The average Bonchev–Trinajstić information content (AvgIpc) is 2.91. The maximum Gasteiger partial charge on any atom is 0.251 e. The molecule has 4 nitrogen and oxygen atoms in total. The number of benzene rings is 1. The van der Waals surface area contributed by atoms with Crippen LogP contribution in [0, 0.1) is 5.41 Å². The normalized spacial score (nSPS) is 12.9. The van der Waals surface area contributed by atoms with E-state index in [1.807, 2.05) is 41.1 Å². The van der Waals surface area contributed by atoms with Gasteiger partial charge in [0.25, 0.3) is 5.91 Å². The van der Waals surface area contributed by atoms with Gasteiger partial charge in [0.05, 0.1) is 12.4 Å². The van der Waals surface area contributed by atoms with Gasteiger partial charge in [-0.3, -0.25) is 4.79 Å². The highest BCUT2D eigenvalue weighted by molar-refractivity contribution is 5.94. The Bertz CT molecular complexity index is 541. The topological polar surface area (TPSA) is 46.9 Å². The Morgan fingerprint density at radius 3 is 2.55 bits per heavy atom. The molecule has 0 aliphatic rings. The Hall–Kier alpha value is -2.10. The highest BCUT2D eigenvalue weighted by atomic mass is 16.1. The van der Waals surface area contributed by atoms with E-state index in [0.29, 0.717) is 12.1 Å². The molecule has 0 radical (unpaired) electrons. The number of imidazole rings is 1. The maximum atomic E-state index is 12.3. The second-order valence-corrected chi connectivity index (χ2v) is 6.02. The Morgan fingerprint density at radius 2 is 2.00 bits per heavy atom. The van der Waals surface area contributed by atoms with Crippen LogP contribution in [0.2, 0.25) is 0 Å². The minimum absolute atomic E-state index is 0.0319. The second-order valence-electron chi connectivity index (χ2n) is 6.02. The van der Waals surface area contributed by atoms with Crippen LogP contribution in [0.4, 0.5) is 0 Å². The molecule has 106 valence electrons. The van der Waals surface area contributed by atoms with Crippen LogP contribution in [-0.4, -0.2) is 21.5 Å². The molecule has 2 aromatic rings. The fourth-order valence-corrected chi connectivity index (χ4v) is 1.97. The highest BCUT2D eigenvalue weighted by Crippen LogP contribution is 2.21. The summed E-state index contributed by atoms with van der Waals surface area (Å²) in [5.41, 5.74) is 0.654. The van der Waals surface area contributed by atoms with Crippen LogP contribution >= 0.6 is 0 Å².